The third-order valence-corrected chi connectivity index (χ3v) is 4.53. The number of carbonyl (C=O) groups excluding carboxylic acids is 2. The molecule has 6 nitrogen and oxygen atoms in total. The van der Waals surface area contributed by atoms with Crippen molar-refractivity contribution >= 4 is 17.7 Å². The summed E-state index contributed by atoms with van der Waals surface area (Å²) >= 11 is 0. The van der Waals surface area contributed by atoms with Crippen molar-refractivity contribution in [3.05, 3.63) is 95.8 Å². The molecule has 0 bridgehead atoms. The van der Waals surface area contributed by atoms with Crippen LogP contribution in [-0.4, -0.2) is 30.1 Å². The lowest BCUT2D eigenvalue weighted by Gasteiger charge is -2.19. The van der Waals surface area contributed by atoms with E-state index in [1.54, 1.807) is 35.4 Å². The first-order valence-electron chi connectivity index (χ1n) is 9.04. The summed E-state index contributed by atoms with van der Waals surface area (Å²) in [5, 5.41) is 2.75. The number of anilines is 1. The van der Waals surface area contributed by atoms with Crippen LogP contribution < -0.4 is 10.2 Å². The SMILES string of the molecule is O=C(O[C@H](c1ccccc1)c1ccccn1)c1cccc(N2CCNC2=O)c1. The van der Waals surface area contributed by atoms with E-state index in [1.165, 1.54) is 0 Å². The molecule has 0 radical (unpaired) electrons. The van der Waals surface area contributed by atoms with Gasteiger partial charge in [-0.1, -0.05) is 42.5 Å². The predicted molar refractivity (Wildman–Crippen MR) is 105 cm³/mol. The van der Waals surface area contributed by atoms with E-state index in [0.29, 0.717) is 30.0 Å². The zero-order chi connectivity index (χ0) is 19.3. The summed E-state index contributed by atoms with van der Waals surface area (Å²) < 4.78 is 5.83. The van der Waals surface area contributed by atoms with Crippen molar-refractivity contribution in [1.82, 2.24) is 10.3 Å². The summed E-state index contributed by atoms with van der Waals surface area (Å²) in [5.41, 5.74) is 2.54. The number of carbonyl (C=O) groups is 2. The largest absolute Gasteiger partial charge is 0.447 e. The smallest absolute Gasteiger partial charge is 0.339 e. The molecule has 3 aromatic rings. The van der Waals surface area contributed by atoms with Gasteiger partial charge in [0.25, 0.3) is 0 Å². The Bertz CT molecular complexity index is 937. The van der Waals surface area contributed by atoms with Gasteiger partial charge in [-0.15, -0.1) is 0 Å². The minimum absolute atomic E-state index is 0.166. The van der Waals surface area contributed by atoms with Gasteiger partial charge in [0.1, 0.15) is 0 Å². The first kappa shape index (κ1) is 17.7. The van der Waals surface area contributed by atoms with Crippen LogP contribution in [0.3, 0.4) is 0 Å². The van der Waals surface area contributed by atoms with E-state index >= 15 is 0 Å². The molecule has 0 saturated carbocycles. The van der Waals surface area contributed by atoms with Crippen LogP contribution in [0.4, 0.5) is 10.5 Å². The Labute approximate surface area is 162 Å². The molecule has 1 aromatic heterocycles. The Balaban J connectivity index is 1.61. The normalized spacial score (nSPS) is 14.4. The molecule has 2 aromatic carbocycles. The molecular formula is C22H19N3O3. The van der Waals surface area contributed by atoms with Crippen molar-refractivity contribution in [1.29, 1.82) is 0 Å². The number of nitrogens with zero attached hydrogens (tertiary/aromatic N) is 2. The van der Waals surface area contributed by atoms with Crippen molar-refractivity contribution in [3.63, 3.8) is 0 Å². The molecule has 140 valence electrons. The summed E-state index contributed by atoms with van der Waals surface area (Å²) in [6.07, 6.45) is 1.06. The highest BCUT2D eigenvalue weighted by Gasteiger charge is 2.24. The monoisotopic (exact) mass is 373 g/mol. The molecule has 1 aliphatic heterocycles. The number of esters is 1. The van der Waals surface area contributed by atoms with E-state index in [1.807, 2.05) is 48.5 Å². The molecule has 0 spiro atoms. The standard InChI is InChI=1S/C22H19N3O3/c26-21(17-9-6-10-18(15-17)25-14-13-24-22(25)27)28-20(16-7-2-1-3-8-16)19-11-4-5-12-23-19/h1-12,15,20H,13-14H2,(H,24,27)/t20-/m1/s1. The van der Waals surface area contributed by atoms with Crippen LogP contribution in [0, 0.1) is 0 Å². The van der Waals surface area contributed by atoms with Gasteiger partial charge in [-0.05, 0) is 35.9 Å². The lowest BCUT2D eigenvalue weighted by atomic mass is 10.1. The van der Waals surface area contributed by atoms with Crippen LogP contribution >= 0.6 is 0 Å². The minimum atomic E-state index is -0.617. The topological polar surface area (TPSA) is 71.5 Å². The van der Waals surface area contributed by atoms with Crippen molar-refractivity contribution in [2.24, 2.45) is 0 Å². The number of aromatic nitrogens is 1. The maximum atomic E-state index is 12.9. The molecule has 0 unspecified atom stereocenters. The van der Waals surface area contributed by atoms with E-state index in [-0.39, 0.29) is 6.03 Å². The average Bonchev–Trinajstić information content (AvgIpc) is 3.19. The lowest BCUT2D eigenvalue weighted by molar-refractivity contribution is 0.0370. The second-order valence-electron chi connectivity index (χ2n) is 6.38. The number of ether oxygens (including phenoxy) is 1. The Kier molecular flexibility index (Phi) is 5.01. The van der Waals surface area contributed by atoms with Gasteiger partial charge in [-0.25, -0.2) is 9.59 Å². The first-order chi connectivity index (χ1) is 13.7. The number of rotatable bonds is 5. The van der Waals surface area contributed by atoms with E-state index < -0.39 is 12.1 Å². The highest BCUT2D eigenvalue weighted by atomic mass is 16.5. The summed E-state index contributed by atoms with van der Waals surface area (Å²) in [5.74, 6) is -0.471. The molecule has 1 atom stereocenters. The van der Waals surface area contributed by atoms with Crippen molar-refractivity contribution in [2.75, 3.05) is 18.0 Å². The Hall–Kier alpha value is -3.67. The van der Waals surface area contributed by atoms with Crippen molar-refractivity contribution in [2.45, 2.75) is 6.10 Å². The maximum absolute atomic E-state index is 12.9. The fourth-order valence-corrected chi connectivity index (χ4v) is 3.15. The van der Waals surface area contributed by atoms with Crippen LogP contribution in [0.25, 0.3) is 0 Å². The van der Waals surface area contributed by atoms with Gasteiger partial charge in [0.05, 0.1) is 11.3 Å². The number of hydrogen-bond acceptors (Lipinski definition) is 4. The summed E-state index contributed by atoms with van der Waals surface area (Å²) in [7, 11) is 0. The highest BCUT2D eigenvalue weighted by Crippen LogP contribution is 2.26. The fourth-order valence-electron chi connectivity index (χ4n) is 3.15. The number of nitrogens with one attached hydrogen (secondary N) is 1. The van der Waals surface area contributed by atoms with Gasteiger partial charge in [0.15, 0.2) is 6.10 Å². The molecular weight excluding hydrogens is 354 g/mol. The van der Waals surface area contributed by atoms with E-state index in [0.717, 1.165) is 5.56 Å². The van der Waals surface area contributed by atoms with Crippen LogP contribution in [0.1, 0.15) is 27.7 Å². The van der Waals surface area contributed by atoms with Gasteiger partial charge in [-0.3, -0.25) is 9.88 Å². The number of pyridine rings is 1. The molecule has 1 N–H and O–H groups in total. The molecule has 0 aliphatic carbocycles. The average molecular weight is 373 g/mol. The molecule has 6 heteroatoms. The molecule has 1 fully saturated rings. The van der Waals surface area contributed by atoms with E-state index in [4.69, 9.17) is 4.74 Å². The van der Waals surface area contributed by atoms with Crippen LogP contribution in [0.2, 0.25) is 0 Å². The molecule has 2 amide bonds. The van der Waals surface area contributed by atoms with Gasteiger partial charge in [0, 0.05) is 25.0 Å². The third-order valence-electron chi connectivity index (χ3n) is 4.53. The van der Waals surface area contributed by atoms with Gasteiger partial charge >= 0.3 is 12.0 Å². The Morgan fingerprint density at radius 2 is 1.86 bits per heavy atom. The second kappa shape index (κ2) is 7.92. The number of benzene rings is 2. The predicted octanol–water partition coefficient (Wildman–Crippen LogP) is 3.56. The van der Waals surface area contributed by atoms with Crippen LogP contribution in [0.15, 0.2) is 79.0 Å². The van der Waals surface area contributed by atoms with Crippen LogP contribution in [0.5, 0.6) is 0 Å². The van der Waals surface area contributed by atoms with Gasteiger partial charge in [-0.2, -0.15) is 0 Å². The van der Waals surface area contributed by atoms with E-state index in [9.17, 15) is 9.59 Å². The zero-order valence-electron chi connectivity index (χ0n) is 15.1. The second-order valence-corrected chi connectivity index (χ2v) is 6.38. The van der Waals surface area contributed by atoms with Gasteiger partial charge < -0.3 is 10.1 Å². The quantitative estimate of drug-likeness (QED) is 0.694. The number of urea groups is 1. The van der Waals surface area contributed by atoms with Crippen molar-refractivity contribution in [3.8, 4) is 0 Å². The maximum Gasteiger partial charge on any atom is 0.339 e. The molecule has 28 heavy (non-hydrogen) atoms. The summed E-state index contributed by atoms with van der Waals surface area (Å²) in [6, 6.07) is 21.7. The molecule has 2 heterocycles. The zero-order valence-corrected chi connectivity index (χ0v) is 15.1. The summed E-state index contributed by atoms with van der Waals surface area (Å²) in [6.45, 7) is 1.15. The Morgan fingerprint density at radius 1 is 1.04 bits per heavy atom. The van der Waals surface area contributed by atoms with E-state index in [2.05, 4.69) is 10.3 Å². The third kappa shape index (κ3) is 3.71. The van der Waals surface area contributed by atoms with Crippen molar-refractivity contribution < 1.29 is 14.3 Å². The Morgan fingerprint density at radius 3 is 2.57 bits per heavy atom. The fraction of sp³-hybridized carbons (Fsp3) is 0.136. The first-order valence-corrected chi connectivity index (χ1v) is 9.04. The highest BCUT2D eigenvalue weighted by molar-refractivity contribution is 5.96. The number of amides is 2. The number of hydrogen-bond donors (Lipinski definition) is 1. The van der Waals surface area contributed by atoms with Gasteiger partial charge in [0.2, 0.25) is 0 Å². The minimum Gasteiger partial charge on any atom is -0.447 e. The molecule has 4 rings (SSSR count). The summed E-state index contributed by atoms with van der Waals surface area (Å²) in [4.78, 5) is 30.7. The van der Waals surface area contributed by atoms with Crippen LogP contribution in [-0.2, 0) is 4.74 Å². The molecule has 1 saturated heterocycles. The lowest BCUT2D eigenvalue weighted by Crippen LogP contribution is -2.27. The molecule has 1 aliphatic rings.